The Bertz CT molecular complexity index is 292. The largest absolute Gasteiger partial charge is 0.466 e. The van der Waals surface area contributed by atoms with Crippen LogP contribution in [0, 0.1) is 5.92 Å². The summed E-state index contributed by atoms with van der Waals surface area (Å²) in [5.74, 6) is 0.598. The van der Waals surface area contributed by atoms with Crippen LogP contribution in [0.3, 0.4) is 0 Å². The predicted molar refractivity (Wildman–Crippen MR) is 63.1 cm³/mol. The van der Waals surface area contributed by atoms with Gasteiger partial charge in [-0.2, -0.15) is 0 Å². The van der Waals surface area contributed by atoms with E-state index in [2.05, 4.69) is 18.0 Å². The van der Waals surface area contributed by atoms with Gasteiger partial charge in [0.15, 0.2) is 0 Å². The summed E-state index contributed by atoms with van der Waals surface area (Å²) in [6.45, 7) is 0.974. The van der Waals surface area contributed by atoms with Crippen molar-refractivity contribution in [1.29, 1.82) is 0 Å². The van der Waals surface area contributed by atoms with Crippen LogP contribution in [0.25, 0.3) is 0 Å². The van der Waals surface area contributed by atoms with E-state index >= 15 is 0 Å². The Morgan fingerprint density at radius 3 is 2.75 bits per heavy atom. The molecule has 0 aromatic rings. The van der Waals surface area contributed by atoms with E-state index in [9.17, 15) is 4.79 Å². The average Bonchev–Trinajstić information content (AvgIpc) is 2.82. The number of hydrogen-bond donors (Lipinski definition) is 0. The van der Waals surface area contributed by atoms with Gasteiger partial charge in [0.05, 0.1) is 7.11 Å². The van der Waals surface area contributed by atoms with Crippen LogP contribution in [0.15, 0.2) is 11.6 Å². The minimum Gasteiger partial charge on any atom is -0.466 e. The van der Waals surface area contributed by atoms with Gasteiger partial charge in [0.1, 0.15) is 0 Å². The summed E-state index contributed by atoms with van der Waals surface area (Å²) in [5.41, 5.74) is 0.873. The second-order valence-corrected chi connectivity index (χ2v) is 4.95. The van der Waals surface area contributed by atoms with Gasteiger partial charge >= 0.3 is 5.97 Å². The first-order valence-corrected chi connectivity index (χ1v) is 6.21. The molecule has 1 aliphatic heterocycles. The first-order chi connectivity index (χ1) is 7.72. The number of carbonyl (C=O) groups is 1. The highest BCUT2D eigenvalue weighted by atomic mass is 16.5. The molecule has 3 nitrogen and oxygen atoms in total. The van der Waals surface area contributed by atoms with Gasteiger partial charge in [0.2, 0.25) is 0 Å². The predicted octanol–water partition coefficient (Wildman–Crippen LogP) is 1.98. The Morgan fingerprint density at radius 2 is 2.12 bits per heavy atom. The van der Waals surface area contributed by atoms with E-state index in [1.54, 1.807) is 0 Å². The Balaban J connectivity index is 2.11. The van der Waals surface area contributed by atoms with Crippen LogP contribution in [0.1, 0.15) is 32.1 Å². The highest BCUT2D eigenvalue weighted by Gasteiger charge is 2.30. The fourth-order valence-electron chi connectivity index (χ4n) is 2.96. The van der Waals surface area contributed by atoms with Crippen molar-refractivity contribution in [1.82, 2.24) is 4.90 Å². The molecule has 1 unspecified atom stereocenters. The van der Waals surface area contributed by atoms with Gasteiger partial charge < -0.3 is 4.74 Å². The molecule has 1 fully saturated rings. The van der Waals surface area contributed by atoms with E-state index in [1.165, 1.54) is 32.8 Å². The first kappa shape index (κ1) is 11.6. The highest BCUT2D eigenvalue weighted by Crippen LogP contribution is 2.33. The van der Waals surface area contributed by atoms with Crippen LogP contribution in [0.4, 0.5) is 0 Å². The normalized spacial score (nSPS) is 27.9. The molecule has 2 rings (SSSR count). The summed E-state index contributed by atoms with van der Waals surface area (Å²) in [5, 5.41) is 0. The Labute approximate surface area is 97.5 Å². The number of methoxy groups -OCH3 is 1. The van der Waals surface area contributed by atoms with Gasteiger partial charge in [-0.1, -0.05) is 18.9 Å². The third-order valence-electron chi connectivity index (χ3n) is 3.95. The molecule has 0 saturated heterocycles. The molecule has 0 amide bonds. The molecule has 0 radical (unpaired) electrons. The van der Waals surface area contributed by atoms with E-state index in [-0.39, 0.29) is 5.97 Å². The minimum atomic E-state index is -0.143. The molecule has 2 aliphatic rings. The van der Waals surface area contributed by atoms with E-state index in [1.807, 2.05) is 0 Å². The molecule has 1 heterocycles. The lowest BCUT2D eigenvalue weighted by Crippen LogP contribution is -2.40. The molecule has 0 aromatic heterocycles. The number of hydrogen-bond acceptors (Lipinski definition) is 3. The SMILES string of the molecule is COC(=O)C1=CC(C2CCCC2)N(C)CC1. The van der Waals surface area contributed by atoms with Crippen molar-refractivity contribution in [2.24, 2.45) is 5.92 Å². The molecular formula is C13H21NO2. The fourth-order valence-corrected chi connectivity index (χ4v) is 2.96. The van der Waals surface area contributed by atoms with E-state index in [0.717, 1.165) is 24.5 Å². The molecule has 90 valence electrons. The van der Waals surface area contributed by atoms with Crippen LogP contribution >= 0.6 is 0 Å². The number of rotatable bonds is 2. The Hall–Kier alpha value is -0.830. The quantitative estimate of drug-likeness (QED) is 0.670. The zero-order chi connectivity index (χ0) is 11.5. The van der Waals surface area contributed by atoms with Gasteiger partial charge in [-0.3, -0.25) is 4.90 Å². The van der Waals surface area contributed by atoms with Gasteiger partial charge in [0.25, 0.3) is 0 Å². The third kappa shape index (κ3) is 2.29. The van der Waals surface area contributed by atoms with Gasteiger partial charge in [-0.15, -0.1) is 0 Å². The number of nitrogens with zero attached hydrogens (tertiary/aromatic N) is 1. The summed E-state index contributed by atoms with van der Waals surface area (Å²) in [6, 6.07) is 0.449. The second kappa shape index (κ2) is 5.00. The van der Waals surface area contributed by atoms with Crippen LogP contribution < -0.4 is 0 Å². The highest BCUT2D eigenvalue weighted by molar-refractivity contribution is 5.88. The van der Waals surface area contributed by atoms with Gasteiger partial charge in [0, 0.05) is 18.2 Å². The minimum absolute atomic E-state index is 0.143. The van der Waals surface area contributed by atoms with Crippen LogP contribution in [0.2, 0.25) is 0 Å². The molecule has 3 heteroatoms. The van der Waals surface area contributed by atoms with E-state index in [4.69, 9.17) is 4.74 Å². The third-order valence-corrected chi connectivity index (χ3v) is 3.95. The van der Waals surface area contributed by atoms with Crippen LogP contribution in [-0.2, 0) is 9.53 Å². The molecule has 0 bridgehead atoms. The zero-order valence-electron chi connectivity index (χ0n) is 10.2. The maximum Gasteiger partial charge on any atom is 0.333 e. The summed E-state index contributed by atoms with van der Waals surface area (Å²) in [7, 11) is 3.62. The Kier molecular flexibility index (Phi) is 3.64. The summed E-state index contributed by atoms with van der Waals surface area (Å²) >= 11 is 0. The number of ether oxygens (including phenoxy) is 1. The van der Waals surface area contributed by atoms with Crippen molar-refractivity contribution in [2.45, 2.75) is 38.1 Å². The number of carbonyl (C=O) groups excluding carboxylic acids is 1. The van der Waals surface area contributed by atoms with Gasteiger partial charge in [-0.05, 0) is 32.2 Å². The zero-order valence-corrected chi connectivity index (χ0v) is 10.2. The van der Waals surface area contributed by atoms with E-state index in [0.29, 0.717) is 6.04 Å². The average molecular weight is 223 g/mol. The Morgan fingerprint density at radius 1 is 1.44 bits per heavy atom. The smallest absolute Gasteiger partial charge is 0.333 e. The number of esters is 1. The summed E-state index contributed by atoms with van der Waals surface area (Å²) in [4.78, 5) is 13.9. The number of likely N-dealkylation sites (N-methyl/N-ethyl adjacent to an activating group) is 1. The van der Waals surface area contributed by atoms with Gasteiger partial charge in [-0.25, -0.2) is 4.79 Å². The van der Waals surface area contributed by atoms with Crippen molar-refractivity contribution in [3.63, 3.8) is 0 Å². The van der Waals surface area contributed by atoms with Crippen molar-refractivity contribution in [3.8, 4) is 0 Å². The molecule has 0 N–H and O–H groups in total. The molecule has 1 atom stereocenters. The molecule has 1 aliphatic carbocycles. The molecular weight excluding hydrogens is 202 g/mol. The molecule has 1 saturated carbocycles. The standard InChI is InChI=1S/C13H21NO2/c1-14-8-7-11(13(15)16-2)9-12(14)10-5-3-4-6-10/h9-10,12H,3-8H2,1-2H3. The van der Waals surface area contributed by atoms with Crippen LogP contribution in [-0.4, -0.2) is 37.6 Å². The first-order valence-electron chi connectivity index (χ1n) is 6.21. The lowest BCUT2D eigenvalue weighted by molar-refractivity contribution is -0.136. The lowest BCUT2D eigenvalue weighted by Gasteiger charge is -2.34. The molecule has 16 heavy (non-hydrogen) atoms. The lowest BCUT2D eigenvalue weighted by atomic mass is 9.91. The van der Waals surface area contributed by atoms with Crippen molar-refractivity contribution < 1.29 is 9.53 Å². The van der Waals surface area contributed by atoms with Crippen molar-refractivity contribution in [2.75, 3.05) is 20.7 Å². The molecule has 0 spiro atoms. The van der Waals surface area contributed by atoms with E-state index < -0.39 is 0 Å². The molecule has 0 aromatic carbocycles. The maximum absolute atomic E-state index is 11.5. The monoisotopic (exact) mass is 223 g/mol. The summed E-state index contributed by atoms with van der Waals surface area (Å²) < 4.78 is 4.81. The van der Waals surface area contributed by atoms with Crippen molar-refractivity contribution >= 4 is 5.97 Å². The fraction of sp³-hybridized carbons (Fsp3) is 0.769. The van der Waals surface area contributed by atoms with Crippen molar-refractivity contribution in [3.05, 3.63) is 11.6 Å². The second-order valence-electron chi connectivity index (χ2n) is 4.95. The van der Waals surface area contributed by atoms with Crippen LogP contribution in [0.5, 0.6) is 0 Å². The maximum atomic E-state index is 11.5. The summed E-state index contributed by atoms with van der Waals surface area (Å²) in [6.07, 6.45) is 8.27. The topological polar surface area (TPSA) is 29.5 Å².